The van der Waals surface area contributed by atoms with Gasteiger partial charge in [-0.2, -0.15) is 0 Å². The summed E-state index contributed by atoms with van der Waals surface area (Å²) in [5, 5.41) is 8.01. The first-order chi connectivity index (χ1) is 14.0. The monoisotopic (exact) mass is 427 g/mol. The molecule has 0 rings (SSSR count). The number of hydrogen-bond acceptors (Lipinski definition) is 5. The second-order valence-electron chi connectivity index (χ2n) is 8.49. The summed E-state index contributed by atoms with van der Waals surface area (Å²) in [4.78, 5) is 49.4. The van der Waals surface area contributed by atoms with Crippen molar-refractivity contribution in [3.05, 3.63) is 0 Å². The van der Waals surface area contributed by atoms with E-state index in [0.717, 1.165) is 19.3 Å². The molecule has 0 bridgehead atoms. The standard InChI is InChI=1S/C22H41N3O5/c1-8-9-10-11-18(26)25-20(15(4)5)22(29)23-13-19(27)24-17(12-14(2)3)21(28)16(6)30-7/h14-17,20H,8-13H2,1-7H3,(H,23,29)(H,24,27)(H,25,26)/t16?,17?,20-/m0/s1. The van der Waals surface area contributed by atoms with Crippen LogP contribution in [-0.4, -0.2) is 55.3 Å². The number of methoxy groups -OCH3 is 1. The molecule has 0 aliphatic carbocycles. The summed E-state index contributed by atoms with van der Waals surface area (Å²) in [5.74, 6) is -1.17. The fourth-order valence-electron chi connectivity index (χ4n) is 2.96. The smallest absolute Gasteiger partial charge is 0.243 e. The van der Waals surface area contributed by atoms with Gasteiger partial charge in [-0.15, -0.1) is 0 Å². The molecular formula is C22H41N3O5. The molecule has 8 heteroatoms. The van der Waals surface area contributed by atoms with E-state index < -0.39 is 30.0 Å². The molecule has 0 aliphatic heterocycles. The van der Waals surface area contributed by atoms with Crippen LogP contribution in [0.3, 0.4) is 0 Å². The van der Waals surface area contributed by atoms with Crippen molar-refractivity contribution in [2.75, 3.05) is 13.7 Å². The molecule has 2 unspecified atom stereocenters. The zero-order valence-corrected chi connectivity index (χ0v) is 19.7. The van der Waals surface area contributed by atoms with Crippen LogP contribution in [0.15, 0.2) is 0 Å². The van der Waals surface area contributed by atoms with Crippen molar-refractivity contribution in [2.24, 2.45) is 11.8 Å². The zero-order valence-electron chi connectivity index (χ0n) is 19.7. The Morgan fingerprint density at radius 1 is 0.900 bits per heavy atom. The van der Waals surface area contributed by atoms with Crippen LogP contribution in [0, 0.1) is 11.8 Å². The molecule has 0 fully saturated rings. The van der Waals surface area contributed by atoms with Gasteiger partial charge in [-0.1, -0.05) is 47.5 Å². The third-order valence-electron chi connectivity index (χ3n) is 4.84. The van der Waals surface area contributed by atoms with E-state index in [1.54, 1.807) is 6.92 Å². The molecule has 0 aromatic carbocycles. The van der Waals surface area contributed by atoms with Crippen LogP contribution in [0.1, 0.15) is 73.6 Å². The topological polar surface area (TPSA) is 114 Å². The van der Waals surface area contributed by atoms with Crippen LogP contribution < -0.4 is 16.0 Å². The van der Waals surface area contributed by atoms with Gasteiger partial charge < -0.3 is 20.7 Å². The average Bonchev–Trinajstić information content (AvgIpc) is 2.68. The normalized spacial score (nSPS) is 14.2. The summed E-state index contributed by atoms with van der Waals surface area (Å²) in [7, 11) is 1.44. The van der Waals surface area contributed by atoms with Gasteiger partial charge >= 0.3 is 0 Å². The van der Waals surface area contributed by atoms with Gasteiger partial charge in [-0.3, -0.25) is 19.2 Å². The lowest BCUT2D eigenvalue weighted by Crippen LogP contribution is -2.53. The molecule has 0 aliphatic rings. The van der Waals surface area contributed by atoms with E-state index >= 15 is 0 Å². The molecule has 30 heavy (non-hydrogen) atoms. The third-order valence-corrected chi connectivity index (χ3v) is 4.84. The Balaban J connectivity index is 4.79. The maximum absolute atomic E-state index is 12.5. The Hall–Kier alpha value is -1.96. The molecule has 0 radical (unpaired) electrons. The van der Waals surface area contributed by atoms with E-state index in [4.69, 9.17) is 4.74 Å². The van der Waals surface area contributed by atoms with Gasteiger partial charge in [-0.05, 0) is 31.6 Å². The Labute approximate surface area is 181 Å². The van der Waals surface area contributed by atoms with Crippen molar-refractivity contribution >= 4 is 23.5 Å². The Bertz CT molecular complexity index is 563. The summed E-state index contributed by atoms with van der Waals surface area (Å²) in [6, 6.07) is -1.39. The van der Waals surface area contributed by atoms with E-state index in [1.807, 2.05) is 27.7 Å². The van der Waals surface area contributed by atoms with E-state index in [0.29, 0.717) is 12.8 Å². The van der Waals surface area contributed by atoms with Gasteiger partial charge in [0.1, 0.15) is 12.1 Å². The van der Waals surface area contributed by atoms with Gasteiger partial charge in [0, 0.05) is 13.5 Å². The first-order valence-electron chi connectivity index (χ1n) is 11.0. The van der Waals surface area contributed by atoms with Gasteiger partial charge in [0.05, 0.1) is 12.6 Å². The lowest BCUT2D eigenvalue weighted by molar-refractivity contribution is -0.134. The molecule has 3 N–H and O–H groups in total. The highest BCUT2D eigenvalue weighted by Crippen LogP contribution is 2.09. The largest absolute Gasteiger partial charge is 0.374 e. The Morgan fingerprint density at radius 3 is 2.03 bits per heavy atom. The number of hydrogen-bond donors (Lipinski definition) is 3. The molecule has 0 aromatic heterocycles. The van der Waals surface area contributed by atoms with Crippen LogP contribution in [0.5, 0.6) is 0 Å². The van der Waals surface area contributed by atoms with Crippen LogP contribution in [0.25, 0.3) is 0 Å². The number of ketones is 1. The highest BCUT2D eigenvalue weighted by atomic mass is 16.5. The average molecular weight is 428 g/mol. The highest BCUT2D eigenvalue weighted by molar-refractivity contribution is 5.94. The number of Topliss-reactive ketones (excluding diaryl/α,β-unsaturated/α-hetero) is 1. The molecular weight excluding hydrogens is 386 g/mol. The highest BCUT2D eigenvalue weighted by Gasteiger charge is 2.27. The predicted molar refractivity (Wildman–Crippen MR) is 117 cm³/mol. The van der Waals surface area contributed by atoms with Crippen LogP contribution in [0.2, 0.25) is 0 Å². The van der Waals surface area contributed by atoms with Crippen molar-refractivity contribution in [3.63, 3.8) is 0 Å². The van der Waals surface area contributed by atoms with Crippen molar-refractivity contribution in [3.8, 4) is 0 Å². The third kappa shape index (κ3) is 11.3. The molecule has 0 spiro atoms. The lowest BCUT2D eigenvalue weighted by atomic mass is 9.97. The fraction of sp³-hybridized carbons (Fsp3) is 0.818. The molecule has 3 atom stereocenters. The summed E-state index contributed by atoms with van der Waals surface area (Å²) in [6.07, 6.45) is 2.99. The zero-order chi connectivity index (χ0) is 23.3. The minimum Gasteiger partial charge on any atom is -0.374 e. The van der Waals surface area contributed by atoms with Crippen LogP contribution >= 0.6 is 0 Å². The second kappa shape index (κ2) is 14.9. The minimum atomic E-state index is -0.714. The Kier molecular flexibility index (Phi) is 14.0. The number of rotatable bonds is 15. The molecule has 174 valence electrons. The van der Waals surface area contributed by atoms with Crippen molar-refractivity contribution in [1.29, 1.82) is 0 Å². The number of nitrogens with one attached hydrogen (secondary N) is 3. The van der Waals surface area contributed by atoms with E-state index in [9.17, 15) is 19.2 Å². The second-order valence-corrected chi connectivity index (χ2v) is 8.49. The summed E-state index contributed by atoms with van der Waals surface area (Å²) in [5.41, 5.74) is 0. The first kappa shape index (κ1) is 28.0. The molecule has 8 nitrogen and oxygen atoms in total. The quantitative estimate of drug-likeness (QED) is 0.346. The fourth-order valence-corrected chi connectivity index (χ4v) is 2.96. The van der Waals surface area contributed by atoms with Crippen molar-refractivity contribution in [1.82, 2.24) is 16.0 Å². The molecule has 0 saturated carbocycles. The van der Waals surface area contributed by atoms with Gasteiger partial charge in [0.15, 0.2) is 5.78 Å². The van der Waals surface area contributed by atoms with Crippen molar-refractivity contribution < 1.29 is 23.9 Å². The van der Waals surface area contributed by atoms with Gasteiger partial charge in [0.25, 0.3) is 0 Å². The molecule has 0 aromatic rings. The summed E-state index contributed by atoms with van der Waals surface area (Å²) in [6.45, 7) is 11.0. The minimum absolute atomic E-state index is 0.124. The SMILES string of the molecule is CCCCCC(=O)N[C@H](C(=O)NCC(=O)NC(CC(C)C)C(=O)C(C)OC)C(C)C. The Morgan fingerprint density at radius 2 is 1.53 bits per heavy atom. The number of carbonyl (C=O) groups is 4. The predicted octanol–water partition coefficient (Wildman–Crippen LogP) is 1.96. The number of amides is 3. The van der Waals surface area contributed by atoms with Crippen LogP contribution in [0.4, 0.5) is 0 Å². The summed E-state index contributed by atoms with van der Waals surface area (Å²) >= 11 is 0. The van der Waals surface area contributed by atoms with E-state index in [2.05, 4.69) is 22.9 Å². The van der Waals surface area contributed by atoms with Crippen LogP contribution in [-0.2, 0) is 23.9 Å². The number of ether oxygens (including phenoxy) is 1. The summed E-state index contributed by atoms with van der Waals surface area (Å²) < 4.78 is 5.07. The first-order valence-corrected chi connectivity index (χ1v) is 11.0. The lowest BCUT2D eigenvalue weighted by Gasteiger charge is -2.24. The van der Waals surface area contributed by atoms with Crippen molar-refractivity contribution in [2.45, 2.75) is 91.8 Å². The van der Waals surface area contributed by atoms with E-state index in [1.165, 1.54) is 7.11 Å². The van der Waals surface area contributed by atoms with Gasteiger partial charge in [0.2, 0.25) is 17.7 Å². The molecule has 3 amide bonds. The van der Waals surface area contributed by atoms with E-state index in [-0.39, 0.29) is 30.1 Å². The maximum atomic E-state index is 12.5. The van der Waals surface area contributed by atoms with Gasteiger partial charge in [-0.25, -0.2) is 0 Å². The molecule has 0 saturated heterocycles. The number of unbranched alkanes of at least 4 members (excludes halogenated alkanes) is 2. The maximum Gasteiger partial charge on any atom is 0.243 e. The molecule has 0 heterocycles. The number of carbonyl (C=O) groups excluding carboxylic acids is 4.